The third-order valence-electron chi connectivity index (χ3n) is 1.41. The highest BCUT2D eigenvalue weighted by Gasteiger charge is 2.40. The molecule has 0 amide bonds. The first-order valence-corrected chi connectivity index (χ1v) is 4.62. The van der Waals surface area contributed by atoms with Crippen LogP contribution in [0.1, 0.15) is 5.69 Å². The lowest BCUT2D eigenvalue weighted by Crippen LogP contribution is -2.34. The van der Waals surface area contributed by atoms with Crippen LogP contribution in [-0.4, -0.2) is 23.9 Å². The van der Waals surface area contributed by atoms with Gasteiger partial charge in [-0.05, 0) is 6.92 Å². The molecule has 0 aliphatic carbocycles. The highest BCUT2D eigenvalue weighted by Crippen LogP contribution is 2.24. The number of nitrogens with one attached hydrogen (secondary N) is 1. The van der Waals surface area contributed by atoms with E-state index in [1.54, 1.807) is 12.3 Å². The van der Waals surface area contributed by atoms with Crippen LogP contribution in [0.15, 0.2) is 5.38 Å². The van der Waals surface area contributed by atoms with E-state index in [0.29, 0.717) is 5.69 Å². The summed E-state index contributed by atoms with van der Waals surface area (Å²) >= 11 is 1.10. The van der Waals surface area contributed by atoms with E-state index in [1.807, 2.05) is 0 Å². The summed E-state index contributed by atoms with van der Waals surface area (Å²) < 4.78 is 48.2. The van der Waals surface area contributed by atoms with Crippen molar-refractivity contribution >= 4 is 16.5 Å². The molecule has 14 heavy (non-hydrogen) atoms. The predicted molar refractivity (Wildman–Crippen MR) is 46.3 cm³/mol. The standard InChI is InChI=1S/C7H8F4N2S/c1-4-2-14-6(13-4)12-3-7(10,11)5(8)9/h2,5H,3H2,1H3,(H,12,13). The van der Waals surface area contributed by atoms with Crippen molar-refractivity contribution in [2.75, 3.05) is 11.9 Å². The van der Waals surface area contributed by atoms with Gasteiger partial charge < -0.3 is 5.32 Å². The zero-order chi connectivity index (χ0) is 10.8. The van der Waals surface area contributed by atoms with Gasteiger partial charge in [-0.15, -0.1) is 11.3 Å². The lowest BCUT2D eigenvalue weighted by Gasteiger charge is -2.14. The Balaban J connectivity index is 2.48. The number of rotatable bonds is 4. The van der Waals surface area contributed by atoms with Gasteiger partial charge in [0.15, 0.2) is 5.13 Å². The first kappa shape index (κ1) is 11.2. The zero-order valence-electron chi connectivity index (χ0n) is 7.23. The lowest BCUT2D eigenvalue weighted by atomic mass is 10.3. The maximum atomic E-state index is 12.4. The molecule has 0 radical (unpaired) electrons. The van der Waals surface area contributed by atoms with E-state index in [9.17, 15) is 17.6 Å². The number of aryl methyl sites for hydroxylation is 1. The lowest BCUT2D eigenvalue weighted by molar-refractivity contribution is -0.117. The van der Waals surface area contributed by atoms with Crippen LogP contribution in [-0.2, 0) is 0 Å². The molecule has 0 aliphatic rings. The topological polar surface area (TPSA) is 24.9 Å². The Hall–Kier alpha value is -0.850. The van der Waals surface area contributed by atoms with E-state index in [-0.39, 0.29) is 5.13 Å². The number of halogens is 4. The minimum absolute atomic E-state index is 0.225. The minimum atomic E-state index is -4.01. The summed E-state index contributed by atoms with van der Waals surface area (Å²) in [5.41, 5.74) is 0.665. The number of thiazole rings is 1. The van der Waals surface area contributed by atoms with E-state index in [0.717, 1.165) is 11.3 Å². The van der Waals surface area contributed by atoms with Crippen molar-refractivity contribution in [3.63, 3.8) is 0 Å². The van der Waals surface area contributed by atoms with Crippen molar-refractivity contribution in [3.05, 3.63) is 11.1 Å². The Morgan fingerprint density at radius 1 is 1.57 bits per heavy atom. The highest BCUT2D eigenvalue weighted by atomic mass is 32.1. The van der Waals surface area contributed by atoms with Gasteiger partial charge in [-0.2, -0.15) is 8.78 Å². The van der Waals surface area contributed by atoms with Crippen LogP contribution < -0.4 is 5.32 Å². The van der Waals surface area contributed by atoms with Crippen LogP contribution in [0.25, 0.3) is 0 Å². The molecule has 0 saturated carbocycles. The number of hydrogen-bond acceptors (Lipinski definition) is 3. The third-order valence-corrected chi connectivity index (χ3v) is 2.33. The Morgan fingerprint density at radius 3 is 2.64 bits per heavy atom. The van der Waals surface area contributed by atoms with Crippen molar-refractivity contribution in [3.8, 4) is 0 Å². The molecule has 0 aromatic carbocycles. The second-order valence-corrected chi connectivity index (χ2v) is 3.57. The average molecular weight is 228 g/mol. The first-order valence-electron chi connectivity index (χ1n) is 3.74. The van der Waals surface area contributed by atoms with Crippen molar-refractivity contribution < 1.29 is 17.6 Å². The molecule has 0 atom stereocenters. The molecule has 1 N–H and O–H groups in total. The molecule has 7 heteroatoms. The molecule has 1 aromatic heterocycles. The minimum Gasteiger partial charge on any atom is -0.355 e. The Kier molecular flexibility index (Phi) is 3.30. The summed E-state index contributed by atoms with van der Waals surface area (Å²) in [6, 6.07) is 0. The number of nitrogens with zero attached hydrogens (tertiary/aromatic N) is 1. The third kappa shape index (κ3) is 2.83. The van der Waals surface area contributed by atoms with E-state index in [1.165, 1.54) is 0 Å². The maximum Gasteiger partial charge on any atom is 0.324 e. The molecule has 1 heterocycles. The Morgan fingerprint density at radius 2 is 2.21 bits per heavy atom. The molecule has 2 nitrogen and oxygen atoms in total. The summed E-state index contributed by atoms with van der Waals surface area (Å²) in [6.07, 6.45) is -3.66. The predicted octanol–water partition coefficient (Wildman–Crippen LogP) is 2.76. The van der Waals surface area contributed by atoms with Gasteiger partial charge in [-0.1, -0.05) is 0 Å². The molecule has 0 bridgehead atoms. The highest BCUT2D eigenvalue weighted by molar-refractivity contribution is 7.13. The van der Waals surface area contributed by atoms with Gasteiger partial charge in [0.05, 0.1) is 12.2 Å². The van der Waals surface area contributed by atoms with Crippen LogP contribution in [0.4, 0.5) is 22.7 Å². The number of aromatic nitrogens is 1. The maximum absolute atomic E-state index is 12.4. The molecule has 0 aliphatic heterocycles. The molecule has 1 rings (SSSR count). The number of alkyl halides is 4. The normalized spacial score (nSPS) is 12.1. The fraction of sp³-hybridized carbons (Fsp3) is 0.571. The molecular formula is C7H8F4N2S. The SMILES string of the molecule is Cc1csc(NCC(F)(F)C(F)F)n1. The largest absolute Gasteiger partial charge is 0.355 e. The van der Waals surface area contributed by atoms with Gasteiger partial charge in [0.25, 0.3) is 0 Å². The molecule has 0 saturated heterocycles. The van der Waals surface area contributed by atoms with Gasteiger partial charge in [0.2, 0.25) is 0 Å². The van der Waals surface area contributed by atoms with Gasteiger partial charge in [-0.25, -0.2) is 13.8 Å². The van der Waals surface area contributed by atoms with Crippen LogP contribution in [0.2, 0.25) is 0 Å². The molecule has 0 spiro atoms. The molecule has 0 fully saturated rings. The molecule has 80 valence electrons. The number of hydrogen-bond donors (Lipinski definition) is 1. The van der Waals surface area contributed by atoms with E-state index in [4.69, 9.17) is 0 Å². The van der Waals surface area contributed by atoms with E-state index >= 15 is 0 Å². The van der Waals surface area contributed by atoms with Gasteiger partial charge in [-0.3, -0.25) is 0 Å². The van der Waals surface area contributed by atoms with Gasteiger partial charge >= 0.3 is 12.3 Å². The van der Waals surface area contributed by atoms with E-state index < -0.39 is 18.9 Å². The Labute approximate surface area is 82.0 Å². The summed E-state index contributed by atoms with van der Waals surface area (Å²) in [7, 11) is 0. The van der Waals surface area contributed by atoms with Crippen molar-refractivity contribution in [1.82, 2.24) is 4.98 Å². The Bertz CT molecular complexity index is 300. The van der Waals surface area contributed by atoms with Gasteiger partial charge in [0, 0.05) is 5.38 Å². The summed E-state index contributed by atoms with van der Waals surface area (Å²) in [5.74, 6) is -4.01. The summed E-state index contributed by atoms with van der Waals surface area (Å²) in [6.45, 7) is 0.588. The second-order valence-electron chi connectivity index (χ2n) is 2.71. The van der Waals surface area contributed by atoms with Crippen molar-refractivity contribution in [1.29, 1.82) is 0 Å². The second kappa shape index (κ2) is 4.12. The van der Waals surface area contributed by atoms with Crippen LogP contribution >= 0.6 is 11.3 Å². The van der Waals surface area contributed by atoms with Crippen LogP contribution in [0.3, 0.4) is 0 Å². The van der Waals surface area contributed by atoms with Crippen molar-refractivity contribution in [2.24, 2.45) is 0 Å². The quantitative estimate of drug-likeness (QED) is 0.801. The fourth-order valence-electron chi connectivity index (χ4n) is 0.706. The summed E-state index contributed by atoms with van der Waals surface area (Å²) in [4.78, 5) is 3.80. The van der Waals surface area contributed by atoms with Crippen LogP contribution in [0.5, 0.6) is 0 Å². The monoisotopic (exact) mass is 228 g/mol. The molecule has 1 aromatic rings. The first-order chi connectivity index (χ1) is 6.42. The molecular weight excluding hydrogens is 220 g/mol. The number of anilines is 1. The zero-order valence-corrected chi connectivity index (χ0v) is 8.05. The molecule has 0 unspecified atom stereocenters. The van der Waals surface area contributed by atoms with E-state index in [2.05, 4.69) is 10.3 Å². The van der Waals surface area contributed by atoms with Crippen molar-refractivity contribution in [2.45, 2.75) is 19.3 Å². The fourth-order valence-corrected chi connectivity index (χ4v) is 1.39. The van der Waals surface area contributed by atoms with Crippen LogP contribution in [0, 0.1) is 6.92 Å². The average Bonchev–Trinajstić information content (AvgIpc) is 2.48. The smallest absolute Gasteiger partial charge is 0.324 e. The van der Waals surface area contributed by atoms with Gasteiger partial charge in [0.1, 0.15) is 0 Å². The summed E-state index contributed by atoms with van der Waals surface area (Å²) in [5, 5.41) is 4.03.